The van der Waals surface area contributed by atoms with Gasteiger partial charge in [-0.2, -0.15) is 5.26 Å². The van der Waals surface area contributed by atoms with Crippen LogP contribution >= 0.6 is 8.53 Å². The minimum absolute atomic E-state index is 0.00503. The van der Waals surface area contributed by atoms with Gasteiger partial charge in [0.05, 0.1) is 39.9 Å². The predicted octanol–water partition coefficient (Wildman–Crippen LogP) is 9.72. The van der Waals surface area contributed by atoms with Gasteiger partial charge in [-0.1, -0.05) is 103 Å². The van der Waals surface area contributed by atoms with Crippen molar-refractivity contribution in [3.05, 3.63) is 155 Å². The van der Waals surface area contributed by atoms with E-state index in [0.717, 1.165) is 38.9 Å². The van der Waals surface area contributed by atoms with Crippen molar-refractivity contribution in [3.63, 3.8) is 0 Å². The van der Waals surface area contributed by atoms with E-state index in [9.17, 15) is 14.9 Å². The van der Waals surface area contributed by atoms with E-state index in [1.165, 1.54) is 0 Å². The van der Waals surface area contributed by atoms with Gasteiger partial charge in [0, 0.05) is 37.5 Å². The lowest BCUT2D eigenvalue weighted by atomic mass is 9.80. The van der Waals surface area contributed by atoms with E-state index in [2.05, 4.69) is 45.6 Å². The number of rotatable bonds is 23. The number of carbonyl (C=O) groups excluding carboxylic acids is 2. The molecule has 5 aromatic rings. The lowest BCUT2D eigenvalue weighted by molar-refractivity contribution is -0.129. The highest BCUT2D eigenvalue weighted by molar-refractivity contribution is 7.44. The first kappa shape index (κ1) is 47.7. The third-order valence-corrected chi connectivity index (χ3v) is 13.2. The van der Waals surface area contributed by atoms with Crippen molar-refractivity contribution in [1.29, 1.82) is 5.26 Å². The second kappa shape index (κ2) is 23.2. The molecule has 1 aliphatic carbocycles. The average Bonchev–Trinajstić information content (AvgIpc) is 3.64. The second-order valence-corrected chi connectivity index (χ2v) is 17.2. The van der Waals surface area contributed by atoms with Gasteiger partial charge in [0.1, 0.15) is 29.8 Å². The Bertz CT molecular complexity index is 2200. The number of nitrogens with one attached hydrogen (secondary N) is 2. The first-order valence-electron chi connectivity index (χ1n) is 21.7. The molecule has 6 rings (SSSR count). The Balaban J connectivity index is 1.20. The lowest BCUT2D eigenvalue weighted by Gasteiger charge is -2.38. The summed E-state index contributed by atoms with van der Waals surface area (Å²) in [5.41, 5.74) is 5.98. The van der Waals surface area contributed by atoms with Gasteiger partial charge >= 0.3 is 6.09 Å². The van der Waals surface area contributed by atoms with Crippen LogP contribution in [-0.2, 0) is 28.9 Å². The zero-order chi connectivity index (χ0) is 45.5. The molecule has 13 heteroatoms. The third kappa shape index (κ3) is 11.5. The van der Waals surface area contributed by atoms with Crippen molar-refractivity contribution in [3.8, 4) is 28.7 Å². The number of alkyl carbamates (subject to hydrolysis) is 1. The van der Waals surface area contributed by atoms with Gasteiger partial charge in [-0.25, -0.2) is 9.46 Å². The summed E-state index contributed by atoms with van der Waals surface area (Å²) in [4.78, 5) is 27.3. The van der Waals surface area contributed by atoms with Crippen LogP contribution in [0, 0.1) is 11.3 Å². The number of methoxy groups -OCH3 is 2. The first-order chi connectivity index (χ1) is 31.1. The SMILES string of the molecule is COc1ccc(C(OCC[C@@H](OP(OCCC#N)N(C(C)C)C(C)C)C(=O)NCCNC(=O)OCC2c3ccccc3-c3ccccc32)(c2ccccc2)c2ccc(OC)cc2)cc1. The molecule has 0 aliphatic heterocycles. The highest BCUT2D eigenvalue weighted by atomic mass is 31.2. The number of fused-ring (bicyclic) bond motifs is 3. The minimum Gasteiger partial charge on any atom is -0.497 e. The average molecular weight is 887 g/mol. The van der Waals surface area contributed by atoms with Crippen molar-refractivity contribution < 1.29 is 37.6 Å². The molecule has 2 N–H and O–H groups in total. The van der Waals surface area contributed by atoms with Crippen LogP contribution in [0.1, 0.15) is 74.3 Å². The van der Waals surface area contributed by atoms with Gasteiger partial charge in [-0.05, 0) is 90.9 Å². The molecule has 336 valence electrons. The van der Waals surface area contributed by atoms with E-state index >= 15 is 0 Å². The molecule has 1 aliphatic rings. The van der Waals surface area contributed by atoms with Gasteiger partial charge in [-0.3, -0.25) is 4.79 Å². The molecule has 0 heterocycles. The molecule has 0 saturated carbocycles. The highest BCUT2D eigenvalue weighted by Gasteiger charge is 2.39. The Morgan fingerprint density at radius 1 is 0.703 bits per heavy atom. The Kier molecular flexibility index (Phi) is 17.3. The summed E-state index contributed by atoms with van der Waals surface area (Å²) in [6.07, 6.45) is -1.32. The van der Waals surface area contributed by atoms with Gasteiger partial charge in [0.15, 0.2) is 0 Å². The van der Waals surface area contributed by atoms with E-state index in [-0.39, 0.29) is 63.8 Å². The molecule has 0 saturated heterocycles. The number of nitrogens with zero attached hydrogens (tertiary/aromatic N) is 2. The summed E-state index contributed by atoms with van der Waals surface area (Å²) < 4.78 is 38.9. The van der Waals surface area contributed by atoms with Crippen LogP contribution in [0.5, 0.6) is 11.5 Å². The summed E-state index contributed by atoms with van der Waals surface area (Å²) in [6, 6.07) is 43.9. The van der Waals surface area contributed by atoms with Crippen LogP contribution in [0.2, 0.25) is 0 Å². The Hall–Kier alpha value is -5.80. The summed E-state index contributed by atoms with van der Waals surface area (Å²) in [6.45, 7) is 8.78. The van der Waals surface area contributed by atoms with Crippen LogP contribution in [0.3, 0.4) is 0 Å². The maximum atomic E-state index is 14.3. The van der Waals surface area contributed by atoms with Gasteiger partial charge < -0.3 is 38.6 Å². The van der Waals surface area contributed by atoms with Crippen LogP contribution in [0.15, 0.2) is 127 Å². The van der Waals surface area contributed by atoms with E-state index in [1.54, 1.807) is 14.2 Å². The van der Waals surface area contributed by atoms with Crippen LogP contribution in [0.4, 0.5) is 4.79 Å². The second-order valence-electron chi connectivity index (χ2n) is 15.8. The van der Waals surface area contributed by atoms with E-state index in [1.807, 2.05) is 131 Å². The standard InChI is InChI=1S/C51H59N4O8P/c1-36(2)55(37(3)4)64(62-33-14-30-52)63-48(49(56)53-31-32-54-50(57)60-35-47-45-19-12-10-17-43(45)44-18-11-13-20-46(44)47)29-34-61-51(38-15-8-7-9-16-38,39-21-25-41(58-5)26-22-39)40-23-27-42(59-6)28-24-40/h7-13,15-28,36-37,47-48H,14,29,31-35H2,1-6H3,(H,53,56)(H,54,57)/t48-,64?/m1/s1. The number of hydrogen-bond acceptors (Lipinski definition) is 10. The smallest absolute Gasteiger partial charge is 0.407 e. The Labute approximate surface area is 378 Å². The van der Waals surface area contributed by atoms with Crippen molar-refractivity contribution in [2.45, 2.75) is 70.2 Å². The fraction of sp³-hybridized carbons (Fsp3) is 0.353. The van der Waals surface area contributed by atoms with Crippen LogP contribution < -0.4 is 20.1 Å². The summed E-state index contributed by atoms with van der Waals surface area (Å²) in [5, 5.41) is 15.1. The molecule has 0 fully saturated rings. The predicted molar refractivity (Wildman–Crippen MR) is 249 cm³/mol. The topological polar surface area (TPSA) is 141 Å². The van der Waals surface area contributed by atoms with Crippen molar-refractivity contribution >= 4 is 20.5 Å². The molecule has 12 nitrogen and oxygen atoms in total. The maximum Gasteiger partial charge on any atom is 0.407 e. The fourth-order valence-corrected chi connectivity index (χ4v) is 9.87. The molecule has 0 bridgehead atoms. The zero-order valence-electron chi connectivity index (χ0n) is 37.5. The zero-order valence-corrected chi connectivity index (χ0v) is 38.4. The number of nitriles is 1. The number of carbonyl (C=O) groups is 2. The number of benzene rings is 5. The summed E-state index contributed by atoms with van der Waals surface area (Å²) >= 11 is 0. The summed E-state index contributed by atoms with van der Waals surface area (Å²) in [5.74, 6) is 0.919. The normalized spacial score (nSPS) is 13.2. The number of ether oxygens (including phenoxy) is 4. The number of amides is 2. The van der Waals surface area contributed by atoms with Gasteiger partial charge in [-0.15, -0.1) is 0 Å². The molecule has 1 unspecified atom stereocenters. The van der Waals surface area contributed by atoms with Crippen LogP contribution in [0.25, 0.3) is 11.1 Å². The molecule has 5 aromatic carbocycles. The van der Waals surface area contributed by atoms with E-state index in [4.69, 9.17) is 28.0 Å². The number of hydrogen-bond donors (Lipinski definition) is 2. The van der Waals surface area contributed by atoms with Crippen LogP contribution in [-0.4, -0.2) is 82.0 Å². The molecular formula is C51H59N4O8P. The molecule has 64 heavy (non-hydrogen) atoms. The monoisotopic (exact) mass is 886 g/mol. The molecule has 2 atom stereocenters. The largest absolute Gasteiger partial charge is 0.497 e. The van der Waals surface area contributed by atoms with E-state index < -0.39 is 32.2 Å². The molecule has 0 spiro atoms. The Morgan fingerprint density at radius 2 is 1.22 bits per heavy atom. The van der Waals surface area contributed by atoms with Crippen molar-refractivity contribution in [2.75, 3.05) is 47.1 Å². The Morgan fingerprint density at radius 3 is 1.75 bits per heavy atom. The van der Waals surface area contributed by atoms with Crippen molar-refractivity contribution in [1.82, 2.24) is 15.3 Å². The van der Waals surface area contributed by atoms with Crippen molar-refractivity contribution in [2.24, 2.45) is 0 Å². The fourth-order valence-electron chi connectivity index (χ4n) is 8.14. The quantitative estimate of drug-likeness (QED) is 0.0370. The lowest BCUT2D eigenvalue weighted by Crippen LogP contribution is -2.43. The van der Waals surface area contributed by atoms with Gasteiger partial charge in [0.2, 0.25) is 5.91 Å². The molecule has 0 radical (unpaired) electrons. The molecule has 2 amide bonds. The summed E-state index contributed by atoms with van der Waals surface area (Å²) in [7, 11) is 1.45. The molecule has 0 aromatic heterocycles. The third-order valence-electron chi connectivity index (χ3n) is 11.1. The first-order valence-corrected chi connectivity index (χ1v) is 22.8. The maximum absolute atomic E-state index is 14.3. The molecular weight excluding hydrogens is 828 g/mol. The highest BCUT2D eigenvalue weighted by Crippen LogP contribution is 2.48. The minimum atomic E-state index is -1.80. The van der Waals surface area contributed by atoms with Gasteiger partial charge in [0.25, 0.3) is 8.53 Å². The van der Waals surface area contributed by atoms with E-state index in [0.29, 0.717) is 11.5 Å².